The zero-order valence-electron chi connectivity index (χ0n) is 17.3. The number of nitrogens with zero attached hydrogens (tertiary/aromatic N) is 1. The lowest BCUT2D eigenvalue weighted by molar-refractivity contribution is -0.142. The van der Waals surface area contributed by atoms with Gasteiger partial charge in [0.1, 0.15) is 24.0 Å². The zero-order chi connectivity index (χ0) is 20.6. The summed E-state index contributed by atoms with van der Waals surface area (Å²) in [5.41, 5.74) is 0.838. The highest BCUT2D eigenvalue weighted by atomic mass is 32.1. The van der Waals surface area contributed by atoms with E-state index in [1.54, 1.807) is 0 Å². The zero-order valence-corrected chi connectivity index (χ0v) is 18.1. The highest BCUT2D eigenvalue weighted by Crippen LogP contribution is 2.39. The number of para-hydroxylation sites is 1. The van der Waals surface area contributed by atoms with Crippen molar-refractivity contribution < 1.29 is 19.0 Å². The number of hydrogen-bond donors (Lipinski definition) is 1. The Morgan fingerprint density at radius 3 is 2.80 bits per heavy atom. The molecule has 6 rings (SSSR count). The summed E-state index contributed by atoms with van der Waals surface area (Å²) in [6.45, 7) is 2.39. The van der Waals surface area contributed by atoms with Crippen LogP contribution in [0.2, 0.25) is 0 Å². The van der Waals surface area contributed by atoms with E-state index in [9.17, 15) is 4.79 Å². The van der Waals surface area contributed by atoms with Crippen molar-refractivity contribution in [2.24, 2.45) is 0 Å². The predicted molar refractivity (Wildman–Crippen MR) is 117 cm³/mol. The van der Waals surface area contributed by atoms with Gasteiger partial charge in [-0.2, -0.15) is 0 Å². The minimum Gasteiger partial charge on any atom is -0.486 e. The number of ether oxygens (including phenoxy) is 3. The van der Waals surface area contributed by atoms with Gasteiger partial charge in [0.15, 0.2) is 0 Å². The Bertz CT molecular complexity index is 806. The number of morpholine rings is 1. The van der Waals surface area contributed by atoms with E-state index in [2.05, 4.69) is 28.4 Å². The maximum Gasteiger partial charge on any atom is 0.246 e. The molecule has 2 unspecified atom stereocenters. The molecule has 1 aromatic rings. The molecule has 4 heterocycles. The lowest BCUT2D eigenvalue weighted by Gasteiger charge is -2.52. The van der Waals surface area contributed by atoms with Gasteiger partial charge < -0.3 is 24.4 Å². The van der Waals surface area contributed by atoms with Crippen molar-refractivity contribution >= 4 is 23.1 Å². The Kier molecular flexibility index (Phi) is 5.69. The van der Waals surface area contributed by atoms with Gasteiger partial charge in [0, 0.05) is 6.54 Å². The minimum absolute atomic E-state index is 0.0414. The molecule has 1 aromatic carbocycles. The Morgan fingerprint density at radius 1 is 1.13 bits per heavy atom. The standard InChI is InChI=1S/C23H30N2O4S/c26-21-13-27-15-23(24-21)10-3-11-25-20(23)12-28-17-8-6-16(7-9-17)18-4-1-2-5-19(18)29-14-22(25)30/h1-2,4-5,16-17,20H,3,6-15H2,(H,24,26)/t16-,17+,20?,23?. The van der Waals surface area contributed by atoms with E-state index >= 15 is 0 Å². The summed E-state index contributed by atoms with van der Waals surface area (Å²) in [5, 5.41) is 3.25. The highest BCUT2D eigenvalue weighted by molar-refractivity contribution is 7.80. The first-order valence-electron chi connectivity index (χ1n) is 11.2. The monoisotopic (exact) mass is 430 g/mol. The summed E-state index contributed by atoms with van der Waals surface area (Å²) < 4.78 is 18.4. The molecule has 1 N–H and O–H groups in total. The molecule has 5 aliphatic rings. The van der Waals surface area contributed by atoms with Crippen molar-refractivity contribution in [3.8, 4) is 5.75 Å². The molecule has 7 heteroatoms. The third-order valence-corrected chi connectivity index (χ3v) is 7.56. The van der Waals surface area contributed by atoms with Crippen LogP contribution < -0.4 is 10.1 Å². The molecule has 0 aromatic heterocycles. The molecule has 162 valence electrons. The van der Waals surface area contributed by atoms with Crippen molar-refractivity contribution in [3.63, 3.8) is 0 Å². The van der Waals surface area contributed by atoms with Crippen molar-refractivity contribution in [2.45, 2.75) is 62.1 Å². The van der Waals surface area contributed by atoms with Crippen LogP contribution in [0, 0.1) is 0 Å². The average molecular weight is 431 g/mol. The Balaban J connectivity index is 1.46. The van der Waals surface area contributed by atoms with Crippen molar-refractivity contribution in [1.82, 2.24) is 10.2 Å². The molecule has 30 heavy (non-hydrogen) atoms. The molecule has 4 aliphatic heterocycles. The molecule has 6 nitrogen and oxygen atoms in total. The van der Waals surface area contributed by atoms with Crippen LogP contribution in [0.15, 0.2) is 24.3 Å². The van der Waals surface area contributed by atoms with Gasteiger partial charge in [0.05, 0.1) is 30.9 Å². The Morgan fingerprint density at radius 2 is 1.97 bits per heavy atom. The Hall–Kier alpha value is -1.70. The largest absolute Gasteiger partial charge is 0.486 e. The highest BCUT2D eigenvalue weighted by Gasteiger charge is 2.49. The van der Waals surface area contributed by atoms with Gasteiger partial charge >= 0.3 is 0 Å². The SMILES string of the molecule is O=C1COCC2(CCCN3C(=S)COc4ccccc4[C@H]4CC[C@H](CC4)OCC32)N1. The number of piperidine rings is 1. The fourth-order valence-electron chi connectivity index (χ4n) is 5.66. The van der Waals surface area contributed by atoms with Crippen LogP contribution in [-0.4, -0.2) is 66.5 Å². The van der Waals surface area contributed by atoms with E-state index in [-0.39, 0.29) is 24.7 Å². The van der Waals surface area contributed by atoms with Crippen LogP contribution in [-0.2, 0) is 14.3 Å². The van der Waals surface area contributed by atoms with E-state index < -0.39 is 5.54 Å². The first-order chi connectivity index (χ1) is 14.6. The first kappa shape index (κ1) is 20.2. The third kappa shape index (κ3) is 3.83. The fourth-order valence-corrected chi connectivity index (χ4v) is 5.94. The predicted octanol–water partition coefficient (Wildman–Crippen LogP) is 2.80. The molecule has 2 saturated heterocycles. The lowest BCUT2D eigenvalue weighted by atomic mass is 9.80. The summed E-state index contributed by atoms with van der Waals surface area (Å²) >= 11 is 5.84. The second-order valence-electron chi connectivity index (χ2n) is 9.04. The molecule has 0 radical (unpaired) electrons. The summed E-state index contributed by atoms with van der Waals surface area (Å²) in [4.78, 5) is 15.2. The molecular formula is C23H30N2O4S. The molecule has 3 fully saturated rings. The number of amides is 1. The van der Waals surface area contributed by atoms with Crippen molar-refractivity contribution in [3.05, 3.63) is 29.8 Å². The number of thiocarbonyl (C=S) groups is 1. The summed E-state index contributed by atoms with van der Waals surface area (Å²) in [5.74, 6) is 1.40. The van der Waals surface area contributed by atoms with Crippen LogP contribution in [0.25, 0.3) is 0 Å². The normalized spacial score (nSPS) is 34.7. The number of benzene rings is 1. The number of carbonyl (C=O) groups is 1. The van der Waals surface area contributed by atoms with E-state index in [0.717, 1.165) is 55.8 Å². The minimum atomic E-state index is -0.451. The third-order valence-electron chi connectivity index (χ3n) is 7.21. The van der Waals surface area contributed by atoms with Gasteiger partial charge in [-0.3, -0.25) is 4.79 Å². The molecule has 2 atom stereocenters. The number of carbonyl (C=O) groups excluding carboxylic acids is 1. The molecular weight excluding hydrogens is 400 g/mol. The molecule has 1 amide bonds. The van der Waals surface area contributed by atoms with E-state index in [4.69, 9.17) is 26.4 Å². The van der Waals surface area contributed by atoms with Gasteiger partial charge in [-0.15, -0.1) is 0 Å². The molecule has 1 saturated carbocycles. The van der Waals surface area contributed by atoms with E-state index in [1.807, 2.05) is 6.07 Å². The van der Waals surface area contributed by atoms with Gasteiger partial charge in [0.25, 0.3) is 0 Å². The molecule has 1 spiro atoms. The Labute approximate surface area is 183 Å². The molecule has 1 aliphatic carbocycles. The molecule has 2 bridgehead atoms. The van der Waals surface area contributed by atoms with E-state index in [1.165, 1.54) is 5.56 Å². The van der Waals surface area contributed by atoms with Gasteiger partial charge in [-0.05, 0) is 56.1 Å². The lowest BCUT2D eigenvalue weighted by Crippen LogP contribution is -2.72. The van der Waals surface area contributed by atoms with Gasteiger partial charge in [-0.25, -0.2) is 0 Å². The number of nitrogens with one attached hydrogen (secondary N) is 1. The second-order valence-corrected chi connectivity index (χ2v) is 9.51. The quantitative estimate of drug-likeness (QED) is 0.639. The first-order valence-corrected chi connectivity index (χ1v) is 11.6. The van der Waals surface area contributed by atoms with Crippen molar-refractivity contribution in [2.75, 3.05) is 33.0 Å². The maximum absolute atomic E-state index is 12.2. The number of fused-ring (bicyclic) bond motifs is 5. The fraction of sp³-hybridized carbons (Fsp3) is 0.652. The number of rotatable bonds is 0. The summed E-state index contributed by atoms with van der Waals surface area (Å²) in [7, 11) is 0. The van der Waals surface area contributed by atoms with E-state index in [0.29, 0.717) is 25.7 Å². The van der Waals surface area contributed by atoms with Crippen molar-refractivity contribution in [1.29, 1.82) is 0 Å². The smallest absolute Gasteiger partial charge is 0.246 e. The maximum atomic E-state index is 12.2. The van der Waals surface area contributed by atoms with Crippen LogP contribution in [0.4, 0.5) is 0 Å². The van der Waals surface area contributed by atoms with Crippen LogP contribution in [0.5, 0.6) is 5.75 Å². The number of hydrogen-bond acceptors (Lipinski definition) is 5. The van der Waals surface area contributed by atoms with Crippen LogP contribution in [0.1, 0.15) is 50.0 Å². The van der Waals surface area contributed by atoms with Crippen LogP contribution >= 0.6 is 12.2 Å². The topological polar surface area (TPSA) is 60.0 Å². The second kappa shape index (κ2) is 8.44. The van der Waals surface area contributed by atoms with Crippen LogP contribution in [0.3, 0.4) is 0 Å². The summed E-state index contributed by atoms with van der Waals surface area (Å²) in [6, 6.07) is 8.34. The van der Waals surface area contributed by atoms with Gasteiger partial charge in [0.2, 0.25) is 5.91 Å². The summed E-state index contributed by atoms with van der Waals surface area (Å²) in [6.07, 6.45) is 6.39. The van der Waals surface area contributed by atoms with Gasteiger partial charge in [-0.1, -0.05) is 30.4 Å². The average Bonchev–Trinajstić information content (AvgIpc) is 2.78.